The van der Waals surface area contributed by atoms with Gasteiger partial charge in [-0.3, -0.25) is 4.79 Å². The van der Waals surface area contributed by atoms with Crippen LogP contribution in [0.2, 0.25) is 0 Å². The molecule has 0 radical (unpaired) electrons. The number of furan rings is 1. The van der Waals surface area contributed by atoms with Crippen LogP contribution in [0.15, 0.2) is 58.1 Å². The van der Waals surface area contributed by atoms with Crippen molar-refractivity contribution in [3.05, 3.63) is 60.1 Å². The zero-order valence-corrected chi connectivity index (χ0v) is 15.6. The van der Waals surface area contributed by atoms with Crippen molar-refractivity contribution in [2.75, 3.05) is 13.2 Å². The SMILES string of the molecule is O=C(/C=C/c1ccc(S(=O)(=O)NCc2ccco2)cc1)NCC1CCCO1. The minimum Gasteiger partial charge on any atom is -0.468 e. The molecule has 7 nitrogen and oxygen atoms in total. The molecule has 0 saturated carbocycles. The van der Waals surface area contributed by atoms with Crippen LogP contribution in [0.3, 0.4) is 0 Å². The van der Waals surface area contributed by atoms with Crippen LogP contribution in [0.25, 0.3) is 6.08 Å². The molecular formula is C19H22N2O5S. The van der Waals surface area contributed by atoms with Crippen molar-refractivity contribution < 1.29 is 22.4 Å². The first-order valence-corrected chi connectivity index (χ1v) is 10.2. The fourth-order valence-electron chi connectivity index (χ4n) is 2.67. The zero-order valence-electron chi connectivity index (χ0n) is 14.8. The standard InChI is InChI=1S/C19H22N2O5S/c22-19(20-13-16-3-1-11-25-16)10-7-15-5-8-18(9-6-15)27(23,24)21-14-17-4-2-12-26-17/h2,4-10,12,16,21H,1,3,11,13-14H2,(H,20,22)/b10-7+. The number of hydrogen-bond donors (Lipinski definition) is 2. The summed E-state index contributed by atoms with van der Waals surface area (Å²) in [5, 5.41) is 2.80. The van der Waals surface area contributed by atoms with Crippen LogP contribution in [0.5, 0.6) is 0 Å². The van der Waals surface area contributed by atoms with E-state index in [1.807, 2.05) is 0 Å². The van der Waals surface area contributed by atoms with Gasteiger partial charge in [-0.2, -0.15) is 0 Å². The van der Waals surface area contributed by atoms with Crippen LogP contribution in [0.4, 0.5) is 0 Å². The summed E-state index contributed by atoms with van der Waals surface area (Å²) in [6.45, 7) is 1.34. The van der Waals surface area contributed by atoms with Crippen LogP contribution < -0.4 is 10.0 Å². The molecule has 1 unspecified atom stereocenters. The molecule has 1 amide bonds. The fourth-order valence-corrected chi connectivity index (χ4v) is 3.66. The van der Waals surface area contributed by atoms with E-state index in [1.54, 1.807) is 30.3 Å². The van der Waals surface area contributed by atoms with Crippen molar-refractivity contribution >= 4 is 22.0 Å². The van der Waals surface area contributed by atoms with E-state index in [-0.39, 0.29) is 23.5 Å². The lowest BCUT2D eigenvalue weighted by atomic mass is 10.2. The Labute approximate surface area is 158 Å². The molecule has 2 heterocycles. The van der Waals surface area contributed by atoms with Crippen molar-refractivity contribution in [1.82, 2.24) is 10.0 Å². The topological polar surface area (TPSA) is 97.6 Å². The highest BCUT2D eigenvalue weighted by Crippen LogP contribution is 2.13. The smallest absolute Gasteiger partial charge is 0.244 e. The van der Waals surface area contributed by atoms with Crippen LogP contribution in [-0.2, 0) is 26.1 Å². The first-order chi connectivity index (χ1) is 13.0. The molecular weight excluding hydrogens is 368 g/mol. The maximum absolute atomic E-state index is 12.3. The maximum Gasteiger partial charge on any atom is 0.244 e. The number of carbonyl (C=O) groups is 1. The van der Waals surface area contributed by atoms with Crippen molar-refractivity contribution in [3.8, 4) is 0 Å². The molecule has 1 aromatic heterocycles. The number of amides is 1. The largest absolute Gasteiger partial charge is 0.468 e. The Kier molecular flexibility index (Phi) is 6.44. The number of benzene rings is 1. The summed E-state index contributed by atoms with van der Waals surface area (Å²) in [4.78, 5) is 12.0. The number of nitrogens with one attached hydrogen (secondary N) is 2. The van der Waals surface area contributed by atoms with Crippen molar-refractivity contribution in [1.29, 1.82) is 0 Å². The number of hydrogen-bond acceptors (Lipinski definition) is 5. The van der Waals surface area contributed by atoms with Gasteiger partial charge in [-0.15, -0.1) is 0 Å². The molecule has 1 aliphatic rings. The second kappa shape index (κ2) is 8.98. The molecule has 2 aromatic rings. The average Bonchev–Trinajstić information content (AvgIpc) is 3.37. The molecule has 8 heteroatoms. The number of sulfonamides is 1. The summed E-state index contributed by atoms with van der Waals surface area (Å²) in [7, 11) is -3.63. The lowest BCUT2D eigenvalue weighted by molar-refractivity contribution is -0.116. The van der Waals surface area contributed by atoms with E-state index in [9.17, 15) is 13.2 Å². The highest BCUT2D eigenvalue weighted by Gasteiger charge is 2.16. The van der Waals surface area contributed by atoms with Gasteiger partial charge in [0.2, 0.25) is 15.9 Å². The monoisotopic (exact) mass is 390 g/mol. The van der Waals surface area contributed by atoms with Gasteiger partial charge >= 0.3 is 0 Å². The van der Waals surface area contributed by atoms with E-state index >= 15 is 0 Å². The molecule has 144 valence electrons. The molecule has 1 fully saturated rings. The van der Waals surface area contributed by atoms with Gasteiger partial charge in [0, 0.05) is 19.2 Å². The quantitative estimate of drug-likeness (QED) is 0.673. The highest BCUT2D eigenvalue weighted by molar-refractivity contribution is 7.89. The third kappa shape index (κ3) is 5.78. The van der Waals surface area contributed by atoms with Crippen molar-refractivity contribution in [3.63, 3.8) is 0 Å². The van der Waals surface area contributed by atoms with Gasteiger partial charge in [0.05, 0.1) is 23.8 Å². The lowest BCUT2D eigenvalue weighted by Crippen LogP contribution is -2.30. The van der Waals surface area contributed by atoms with Gasteiger partial charge in [-0.1, -0.05) is 12.1 Å². The molecule has 27 heavy (non-hydrogen) atoms. The zero-order chi connectivity index (χ0) is 19.1. The normalized spacial score (nSPS) is 17.4. The van der Waals surface area contributed by atoms with Gasteiger partial charge in [0.15, 0.2) is 0 Å². The van der Waals surface area contributed by atoms with E-state index < -0.39 is 10.0 Å². The van der Waals surface area contributed by atoms with Crippen LogP contribution >= 0.6 is 0 Å². The van der Waals surface area contributed by atoms with Gasteiger partial charge in [0.1, 0.15) is 5.76 Å². The Bertz CT molecular complexity index is 867. The maximum atomic E-state index is 12.3. The summed E-state index contributed by atoms with van der Waals surface area (Å²) in [6.07, 6.45) is 6.64. The second-order valence-corrected chi connectivity index (χ2v) is 7.95. The van der Waals surface area contributed by atoms with Gasteiger partial charge in [0.25, 0.3) is 0 Å². The molecule has 1 aliphatic heterocycles. The van der Waals surface area contributed by atoms with E-state index in [2.05, 4.69) is 10.0 Å². The van der Waals surface area contributed by atoms with Crippen molar-refractivity contribution in [2.24, 2.45) is 0 Å². The van der Waals surface area contributed by atoms with Crippen LogP contribution in [0.1, 0.15) is 24.2 Å². The Hall–Kier alpha value is -2.42. The molecule has 3 rings (SSSR count). The summed E-state index contributed by atoms with van der Waals surface area (Å²) < 4.78 is 37.6. The fraction of sp³-hybridized carbons (Fsp3) is 0.316. The van der Waals surface area contributed by atoms with Crippen LogP contribution in [-0.4, -0.2) is 33.6 Å². The summed E-state index contributed by atoms with van der Waals surface area (Å²) >= 11 is 0. The molecule has 1 atom stereocenters. The Morgan fingerprint density at radius 2 is 2.04 bits per heavy atom. The first-order valence-electron chi connectivity index (χ1n) is 8.72. The molecule has 1 saturated heterocycles. The Morgan fingerprint density at radius 3 is 2.70 bits per heavy atom. The van der Waals surface area contributed by atoms with E-state index in [4.69, 9.17) is 9.15 Å². The van der Waals surface area contributed by atoms with Crippen molar-refractivity contribution in [2.45, 2.75) is 30.4 Å². The number of ether oxygens (including phenoxy) is 1. The molecule has 0 spiro atoms. The van der Waals surface area contributed by atoms with E-state index in [0.717, 1.165) is 25.0 Å². The highest BCUT2D eigenvalue weighted by atomic mass is 32.2. The van der Waals surface area contributed by atoms with E-state index in [1.165, 1.54) is 24.5 Å². The van der Waals surface area contributed by atoms with Gasteiger partial charge in [-0.05, 0) is 48.7 Å². The minimum atomic E-state index is -3.63. The predicted molar refractivity (Wildman–Crippen MR) is 100 cm³/mol. The second-order valence-electron chi connectivity index (χ2n) is 6.19. The third-order valence-electron chi connectivity index (χ3n) is 4.16. The molecule has 0 bridgehead atoms. The minimum absolute atomic E-state index is 0.0852. The third-order valence-corrected chi connectivity index (χ3v) is 5.58. The average molecular weight is 390 g/mol. The molecule has 1 aromatic carbocycles. The summed E-state index contributed by atoms with van der Waals surface area (Å²) in [5.41, 5.74) is 0.729. The predicted octanol–water partition coefficient (Wildman–Crippen LogP) is 2.07. The van der Waals surface area contributed by atoms with Gasteiger partial charge in [-0.25, -0.2) is 13.1 Å². The number of carbonyl (C=O) groups excluding carboxylic acids is 1. The lowest BCUT2D eigenvalue weighted by Gasteiger charge is -2.08. The number of rotatable bonds is 8. The summed E-state index contributed by atoms with van der Waals surface area (Å²) in [5.74, 6) is 0.328. The molecule has 0 aliphatic carbocycles. The summed E-state index contributed by atoms with van der Waals surface area (Å²) in [6, 6.07) is 9.67. The Balaban J connectivity index is 1.52. The molecule has 2 N–H and O–H groups in total. The van der Waals surface area contributed by atoms with E-state index in [0.29, 0.717) is 12.3 Å². The van der Waals surface area contributed by atoms with Gasteiger partial charge < -0.3 is 14.5 Å². The van der Waals surface area contributed by atoms with Crippen LogP contribution in [0, 0.1) is 0 Å². The first kappa shape index (κ1) is 19.3. The Morgan fingerprint density at radius 1 is 1.22 bits per heavy atom.